The Morgan fingerprint density at radius 3 is 2.16 bits per heavy atom. The van der Waals surface area contributed by atoms with Crippen molar-refractivity contribution in [2.75, 3.05) is 0 Å². The third kappa shape index (κ3) is 3.74. The first kappa shape index (κ1) is 17.2. The highest BCUT2D eigenvalue weighted by Gasteiger charge is 2.42. The van der Waals surface area contributed by atoms with Crippen LogP contribution in [-0.4, -0.2) is 14.7 Å². The SMILES string of the molecule is CC(C)(C)C(O)(Cn1ccnc1)c1ccc(Oc2ccccc2)cc1. The number of aliphatic hydroxyl groups is 1. The van der Waals surface area contributed by atoms with Crippen LogP contribution in [0.15, 0.2) is 73.3 Å². The van der Waals surface area contributed by atoms with Gasteiger partial charge in [-0.15, -0.1) is 0 Å². The minimum Gasteiger partial charge on any atom is -0.457 e. The van der Waals surface area contributed by atoms with Gasteiger partial charge in [-0.2, -0.15) is 0 Å². The molecule has 0 fully saturated rings. The van der Waals surface area contributed by atoms with E-state index in [1.54, 1.807) is 12.5 Å². The van der Waals surface area contributed by atoms with Gasteiger partial charge in [0.15, 0.2) is 0 Å². The summed E-state index contributed by atoms with van der Waals surface area (Å²) < 4.78 is 7.74. The van der Waals surface area contributed by atoms with E-state index in [4.69, 9.17) is 4.74 Å². The summed E-state index contributed by atoms with van der Waals surface area (Å²) in [5, 5.41) is 11.5. The molecule has 2 aromatic carbocycles. The lowest BCUT2D eigenvalue weighted by Crippen LogP contribution is -2.43. The quantitative estimate of drug-likeness (QED) is 0.740. The minimum absolute atomic E-state index is 0.348. The van der Waals surface area contributed by atoms with Crippen LogP contribution >= 0.6 is 0 Å². The fourth-order valence-electron chi connectivity index (χ4n) is 2.83. The molecule has 0 spiro atoms. The molecule has 0 bridgehead atoms. The summed E-state index contributed by atoms with van der Waals surface area (Å²) in [4.78, 5) is 4.07. The highest BCUT2D eigenvalue weighted by molar-refractivity contribution is 5.35. The molecule has 4 nitrogen and oxygen atoms in total. The molecule has 1 N–H and O–H groups in total. The Hall–Kier alpha value is -2.59. The fraction of sp³-hybridized carbons (Fsp3) is 0.286. The third-order valence-electron chi connectivity index (χ3n) is 4.52. The predicted octanol–water partition coefficient (Wildman–Crippen LogP) is 4.61. The van der Waals surface area contributed by atoms with Crippen LogP contribution in [0.5, 0.6) is 11.5 Å². The maximum absolute atomic E-state index is 11.5. The van der Waals surface area contributed by atoms with Crippen molar-refractivity contribution < 1.29 is 9.84 Å². The Kier molecular flexibility index (Phi) is 4.64. The van der Waals surface area contributed by atoms with E-state index in [1.807, 2.05) is 86.1 Å². The second-order valence-corrected chi connectivity index (χ2v) is 7.28. The Labute approximate surface area is 148 Å². The topological polar surface area (TPSA) is 47.3 Å². The van der Waals surface area contributed by atoms with Gasteiger partial charge in [0.25, 0.3) is 0 Å². The molecule has 3 aromatic rings. The Morgan fingerprint density at radius 2 is 1.60 bits per heavy atom. The third-order valence-corrected chi connectivity index (χ3v) is 4.52. The number of para-hydroxylation sites is 1. The van der Waals surface area contributed by atoms with E-state index in [2.05, 4.69) is 4.98 Å². The van der Waals surface area contributed by atoms with Crippen molar-refractivity contribution in [2.24, 2.45) is 5.41 Å². The molecular weight excluding hydrogens is 312 g/mol. The number of benzene rings is 2. The van der Waals surface area contributed by atoms with Crippen LogP contribution in [0.4, 0.5) is 0 Å². The first-order valence-corrected chi connectivity index (χ1v) is 8.40. The molecule has 0 saturated heterocycles. The molecule has 0 saturated carbocycles. The zero-order valence-corrected chi connectivity index (χ0v) is 14.9. The monoisotopic (exact) mass is 336 g/mol. The molecule has 1 unspecified atom stereocenters. The molecule has 0 radical (unpaired) electrons. The standard InChI is InChI=1S/C21H24N2O2/c1-20(2,3)21(24,15-23-14-13-22-16-23)17-9-11-19(12-10-17)25-18-7-5-4-6-8-18/h4-14,16,24H,15H2,1-3H3. The van der Waals surface area contributed by atoms with Crippen molar-refractivity contribution >= 4 is 0 Å². The highest BCUT2D eigenvalue weighted by atomic mass is 16.5. The number of rotatable bonds is 5. The summed E-state index contributed by atoms with van der Waals surface area (Å²) in [6.07, 6.45) is 5.31. The van der Waals surface area contributed by atoms with Crippen LogP contribution in [0.2, 0.25) is 0 Å². The van der Waals surface area contributed by atoms with Crippen molar-refractivity contribution in [3.8, 4) is 11.5 Å². The van der Waals surface area contributed by atoms with Crippen molar-refractivity contribution in [1.29, 1.82) is 0 Å². The fourth-order valence-corrected chi connectivity index (χ4v) is 2.83. The summed E-state index contributed by atoms with van der Waals surface area (Å²) >= 11 is 0. The molecule has 0 aliphatic carbocycles. The molecule has 1 atom stereocenters. The summed E-state index contributed by atoms with van der Waals surface area (Å²) in [7, 11) is 0. The van der Waals surface area contributed by atoms with Gasteiger partial charge >= 0.3 is 0 Å². The molecule has 1 heterocycles. The molecule has 0 amide bonds. The molecule has 130 valence electrons. The molecule has 0 aliphatic heterocycles. The van der Waals surface area contributed by atoms with Crippen LogP contribution in [0.1, 0.15) is 26.3 Å². The predicted molar refractivity (Wildman–Crippen MR) is 98.5 cm³/mol. The van der Waals surface area contributed by atoms with Gasteiger partial charge in [-0.1, -0.05) is 51.1 Å². The van der Waals surface area contributed by atoms with Crippen LogP contribution < -0.4 is 4.74 Å². The number of nitrogens with zero attached hydrogens (tertiary/aromatic N) is 2. The lowest BCUT2D eigenvalue weighted by Gasteiger charge is -2.41. The zero-order valence-electron chi connectivity index (χ0n) is 14.9. The minimum atomic E-state index is -1.03. The van der Waals surface area contributed by atoms with Gasteiger partial charge in [0.05, 0.1) is 12.9 Å². The highest BCUT2D eigenvalue weighted by Crippen LogP contribution is 2.41. The van der Waals surface area contributed by atoms with Gasteiger partial charge in [0.1, 0.15) is 17.1 Å². The van der Waals surface area contributed by atoms with E-state index in [1.165, 1.54) is 0 Å². The first-order chi connectivity index (χ1) is 11.9. The van der Waals surface area contributed by atoms with E-state index in [9.17, 15) is 5.11 Å². The van der Waals surface area contributed by atoms with Gasteiger partial charge in [0, 0.05) is 12.4 Å². The number of hydrogen-bond acceptors (Lipinski definition) is 3. The van der Waals surface area contributed by atoms with Crippen molar-refractivity contribution in [3.63, 3.8) is 0 Å². The molecule has 3 rings (SSSR count). The van der Waals surface area contributed by atoms with Crippen molar-refractivity contribution in [1.82, 2.24) is 9.55 Å². The Balaban J connectivity index is 1.86. The van der Waals surface area contributed by atoms with E-state index < -0.39 is 5.60 Å². The summed E-state index contributed by atoms with van der Waals surface area (Å²) in [5.41, 5.74) is -0.521. The number of ether oxygens (including phenoxy) is 1. The van der Waals surface area contributed by atoms with Gasteiger partial charge in [-0.25, -0.2) is 4.98 Å². The first-order valence-electron chi connectivity index (χ1n) is 8.40. The molecule has 25 heavy (non-hydrogen) atoms. The summed E-state index contributed by atoms with van der Waals surface area (Å²) in [5.74, 6) is 1.54. The van der Waals surface area contributed by atoms with Crippen LogP contribution in [0.3, 0.4) is 0 Å². The second kappa shape index (κ2) is 6.73. The van der Waals surface area contributed by atoms with Gasteiger partial charge < -0.3 is 14.4 Å². The van der Waals surface area contributed by atoms with Crippen molar-refractivity contribution in [2.45, 2.75) is 32.9 Å². The molecular formula is C21H24N2O2. The normalized spacial score (nSPS) is 14.1. The number of imidazole rings is 1. The maximum Gasteiger partial charge on any atom is 0.127 e. The molecule has 4 heteroatoms. The summed E-state index contributed by atoms with van der Waals surface area (Å²) in [6, 6.07) is 17.3. The van der Waals surface area contributed by atoms with E-state index in [-0.39, 0.29) is 5.41 Å². The maximum atomic E-state index is 11.5. The van der Waals surface area contributed by atoms with E-state index in [0.29, 0.717) is 6.54 Å². The van der Waals surface area contributed by atoms with Crippen LogP contribution in [0.25, 0.3) is 0 Å². The lowest BCUT2D eigenvalue weighted by molar-refractivity contribution is -0.0781. The number of aromatic nitrogens is 2. The lowest BCUT2D eigenvalue weighted by atomic mass is 9.72. The second-order valence-electron chi connectivity index (χ2n) is 7.28. The van der Waals surface area contributed by atoms with Gasteiger partial charge in [-0.3, -0.25) is 0 Å². The smallest absolute Gasteiger partial charge is 0.127 e. The summed E-state index contributed by atoms with van der Waals surface area (Å²) in [6.45, 7) is 6.56. The van der Waals surface area contributed by atoms with Crippen molar-refractivity contribution in [3.05, 3.63) is 78.9 Å². The van der Waals surface area contributed by atoms with E-state index in [0.717, 1.165) is 17.1 Å². The average molecular weight is 336 g/mol. The van der Waals surface area contributed by atoms with Gasteiger partial charge in [-0.05, 0) is 35.2 Å². The zero-order chi connectivity index (χ0) is 17.9. The Morgan fingerprint density at radius 1 is 0.960 bits per heavy atom. The van der Waals surface area contributed by atoms with E-state index >= 15 is 0 Å². The van der Waals surface area contributed by atoms with Crippen LogP contribution in [-0.2, 0) is 12.1 Å². The van der Waals surface area contributed by atoms with Crippen LogP contribution in [0, 0.1) is 5.41 Å². The van der Waals surface area contributed by atoms with Gasteiger partial charge in [0.2, 0.25) is 0 Å². The molecule has 0 aliphatic rings. The average Bonchev–Trinajstić information content (AvgIpc) is 3.08. The Bertz CT molecular complexity index is 790. The largest absolute Gasteiger partial charge is 0.457 e. The molecule has 1 aromatic heterocycles. The number of hydrogen-bond donors (Lipinski definition) is 1.